The van der Waals surface area contributed by atoms with Crippen molar-refractivity contribution in [1.82, 2.24) is 10.6 Å². The van der Waals surface area contributed by atoms with Gasteiger partial charge in [-0.2, -0.15) is 0 Å². The first kappa shape index (κ1) is 16.9. The van der Waals surface area contributed by atoms with Crippen LogP contribution in [0.25, 0.3) is 0 Å². The number of rotatable bonds is 6. The van der Waals surface area contributed by atoms with Gasteiger partial charge in [0.05, 0.1) is 6.54 Å². The van der Waals surface area contributed by atoms with Crippen LogP contribution in [-0.2, 0) is 6.54 Å². The minimum absolute atomic E-state index is 0.239. The van der Waals surface area contributed by atoms with E-state index in [0.717, 1.165) is 5.75 Å². The molecule has 2 aromatic carbocycles. The van der Waals surface area contributed by atoms with Crippen LogP contribution in [0.3, 0.4) is 0 Å². The molecule has 132 valence electrons. The van der Waals surface area contributed by atoms with Gasteiger partial charge >= 0.3 is 0 Å². The van der Waals surface area contributed by atoms with E-state index in [9.17, 15) is 4.39 Å². The fourth-order valence-corrected chi connectivity index (χ4v) is 2.35. The average molecular weight is 345 g/mol. The summed E-state index contributed by atoms with van der Waals surface area (Å²) in [4.78, 5) is 4.10. The molecule has 1 heterocycles. The van der Waals surface area contributed by atoms with Crippen molar-refractivity contribution in [2.24, 2.45) is 4.99 Å². The zero-order chi connectivity index (χ0) is 17.5. The van der Waals surface area contributed by atoms with Crippen LogP contribution >= 0.6 is 0 Å². The first-order valence-corrected chi connectivity index (χ1v) is 7.96. The third-order valence-corrected chi connectivity index (χ3v) is 3.63. The SMILES string of the molecule is CN=C(NCCOc1ccc2c(c1)OCO2)NCc1ccccc1F. The Balaban J connectivity index is 1.40. The molecule has 0 aromatic heterocycles. The predicted molar refractivity (Wildman–Crippen MR) is 92.7 cm³/mol. The maximum Gasteiger partial charge on any atom is 0.231 e. The number of hydrogen-bond acceptors (Lipinski definition) is 4. The summed E-state index contributed by atoms with van der Waals surface area (Å²) in [7, 11) is 1.66. The first-order valence-electron chi connectivity index (χ1n) is 7.96. The number of hydrogen-bond donors (Lipinski definition) is 2. The van der Waals surface area contributed by atoms with E-state index in [1.54, 1.807) is 31.3 Å². The Morgan fingerprint density at radius 2 is 2.00 bits per heavy atom. The molecule has 25 heavy (non-hydrogen) atoms. The highest BCUT2D eigenvalue weighted by atomic mass is 19.1. The highest BCUT2D eigenvalue weighted by molar-refractivity contribution is 5.79. The van der Waals surface area contributed by atoms with Gasteiger partial charge in [0.25, 0.3) is 0 Å². The fourth-order valence-electron chi connectivity index (χ4n) is 2.35. The van der Waals surface area contributed by atoms with Gasteiger partial charge in [-0.25, -0.2) is 4.39 Å². The molecule has 0 bridgehead atoms. The van der Waals surface area contributed by atoms with Crippen molar-refractivity contribution in [1.29, 1.82) is 0 Å². The zero-order valence-corrected chi connectivity index (χ0v) is 13.9. The van der Waals surface area contributed by atoms with Crippen molar-refractivity contribution in [3.63, 3.8) is 0 Å². The van der Waals surface area contributed by atoms with Gasteiger partial charge in [0.15, 0.2) is 17.5 Å². The summed E-state index contributed by atoms with van der Waals surface area (Å²) in [5.74, 6) is 2.46. The van der Waals surface area contributed by atoms with Gasteiger partial charge in [0.2, 0.25) is 6.79 Å². The van der Waals surface area contributed by atoms with Crippen LogP contribution in [0.5, 0.6) is 17.2 Å². The van der Waals surface area contributed by atoms with Crippen molar-refractivity contribution in [3.8, 4) is 17.2 Å². The summed E-state index contributed by atoms with van der Waals surface area (Å²) < 4.78 is 29.8. The molecule has 3 rings (SSSR count). The minimum Gasteiger partial charge on any atom is -0.492 e. The summed E-state index contributed by atoms with van der Waals surface area (Å²) in [5.41, 5.74) is 0.585. The highest BCUT2D eigenvalue weighted by Crippen LogP contribution is 2.34. The van der Waals surface area contributed by atoms with Crippen LogP contribution in [0.2, 0.25) is 0 Å². The van der Waals surface area contributed by atoms with E-state index in [-0.39, 0.29) is 12.6 Å². The lowest BCUT2D eigenvalue weighted by Crippen LogP contribution is -2.39. The topological polar surface area (TPSA) is 64.1 Å². The Bertz CT molecular complexity index is 752. The number of guanidine groups is 1. The number of aliphatic imine (C=N–C) groups is 1. The third-order valence-electron chi connectivity index (χ3n) is 3.63. The molecule has 0 fully saturated rings. The van der Waals surface area contributed by atoms with Crippen LogP contribution in [0.15, 0.2) is 47.5 Å². The maximum absolute atomic E-state index is 13.6. The number of nitrogens with zero attached hydrogens (tertiary/aromatic N) is 1. The monoisotopic (exact) mass is 345 g/mol. The molecular formula is C18H20FN3O3. The molecule has 1 aliphatic rings. The van der Waals surface area contributed by atoms with E-state index in [4.69, 9.17) is 14.2 Å². The van der Waals surface area contributed by atoms with Crippen molar-refractivity contribution < 1.29 is 18.6 Å². The lowest BCUT2D eigenvalue weighted by atomic mass is 10.2. The smallest absolute Gasteiger partial charge is 0.231 e. The molecule has 7 heteroatoms. The van der Waals surface area contributed by atoms with E-state index >= 15 is 0 Å². The molecule has 1 aliphatic heterocycles. The predicted octanol–water partition coefficient (Wildman–Crippen LogP) is 2.30. The highest BCUT2D eigenvalue weighted by Gasteiger charge is 2.13. The lowest BCUT2D eigenvalue weighted by Gasteiger charge is -2.13. The molecule has 0 spiro atoms. The van der Waals surface area contributed by atoms with Crippen LogP contribution in [0, 0.1) is 5.82 Å². The van der Waals surface area contributed by atoms with Gasteiger partial charge in [-0.15, -0.1) is 0 Å². The molecule has 0 amide bonds. The van der Waals surface area contributed by atoms with Gasteiger partial charge in [-0.05, 0) is 18.2 Å². The second-order valence-corrected chi connectivity index (χ2v) is 5.31. The van der Waals surface area contributed by atoms with E-state index in [0.29, 0.717) is 42.7 Å². The second-order valence-electron chi connectivity index (χ2n) is 5.31. The summed E-state index contributed by atoms with van der Waals surface area (Å²) in [5, 5.41) is 6.18. The van der Waals surface area contributed by atoms with E-state index in [1.165, 1.54) is 6.07 Å². The van der Waals surface area contributed by atoms with Crippen molar-refractivity contribution in [2.45, 2.75) is 6.54 Å². The van der Waals surface area contributed by atoms with Gasteiger partial charge < -0.3 is 24.8 Å². The molecular weight excluding hydrogens is 325 g/mol. The van der Waals surface area contributed by atoms with E-state index < -0.39 is 0 Å². The normalized spacial score (nSPS) is 12.8. The van der Waals surface area contributed by atoms with Gasteiger partial charge in [-0.3, -0.25) is 4.99 Å². The number of halogens is 1. The minimum atomic E-state index is -0.239. The molecule has 0 radical (unpaired) electrons. The fraction of sp³-hybridized carbons (Fsp3) is 0.278. The molecule has 2 N–H and O–H groups in total. The molecule has 0 saturated heterocycles. The summed E-state index contributed by atoms with van der Waals surface area (Å²) in [6.45, 7) is 1.59. The Morgan fingerprint density at radius 1 is 1.16 bits per heavy atom. The van der Waals surface area contributed by atoms with Gasteiger partial charge in [0.1, 0.15) is 18.2 Å². The lowest BCUT2D eigenvalue weighted by molar-refractivity contribution is 0.173. The number of nitrogens with one attached hydrogen (secondary N) is 2. The van der Waals surface area contributed by atoms with Crippen molar-refractivity contribution >= 4 is 5.96 Å². The maximum atomic E-state index is 13.6. The summed E-state index contributed by atoms with van der Waals surface area (Å²) in [6, 6.07) is 12.1. The van der Waals surface area contributed by atoms with Crippen LogP contribution in [-0.4, -0.2) is 33.0 Å². The summed E-state index contributed by atoms with van der Waals surface area (Å²) >= 11 is 0. The quantitative estimate of drug-likeness (QED) is 0.478. The molecule has 0 atom stereocenters. The van der Waals surface area contributed by atoms with Crippen molar-refractivity contribution in [3.05, 3.63) is 53.8 Å². The van der Waals surface area contributed by atoms with Crippen LogP contribution in [0.4, 0.5) is 4.39 Å². The molecule has 0 unspecified atom stereocenters. The molecule has 0 aliphatic carbocycles. The van der Waals surface area contributed by atoms with E-state index in [2.05, 4.69) is 15.6 Å². The standard InChI is InChI=1S/C18H20FN3O3/c1-20-18(22-11-13-4-2-3-5-15(13)19)21-8-9-23-14-6-7-16-17(10-14)25-12-24-16/h2-7,10H,8-9,11-12H2,1H3,(H2,20,21,22). The molecule has 2 aromatic rings. The average Bonchev–Trinajstić information content (AvgIpc) is 3.10. The molecule has 6 nitrogen and oxygen atoms in total. The van der Waals surface area contributed by atoms with Crippen LogP contribution in [0.1, 0.15) is 5.56 Å². The summed E-state index contributed by atoms with van der Waals surface area (Å²) in [6.07, 6.45) is 0. The Kier molecular flexibility index (Phi) is 5.56. The first-order chi connectivity index (χ1) is 12.3. The third kappa shape index (κ3) is 4.53. The van der Waals surface area contributed by atoms with Gasteiger partial charge in [-0.1, -0.05) is 18.2 Å². The number of benzene rings is 2. The molecule has 0 saturated carbocycles. The second kappa shape index (κ2) is 8.23. The Hall–Kier alpha value is -2.96. The zero-order valence-electron chi connectivity index (χ0n) is 13.9. The number of fused-ring (bicyclic) bond motifs is 1. The van der Waals surface area contributed by atoms with Crippen LogP contribution < -0.4 is 24.8 Å². The largest absolute Gasteiger partial charge is 0.492 e. The van der Waals surface area contributed by atoms with Gasteiger partial charge in [0, 0.05) is 25.2 Å². The Labute approximate surface area is 145 Å². The van der Waals surface area contributed by atoms with Crippen molar-refractivity contribution in [2.75, 3.05) is 27.0 Å². The Morgan fingerprint density at radius 3 is 2.84 bits per heavy atom. The van der Waals surface area contributed by atoms with E-state index in [1.807, 2.05) is 12.1 Å². The number of ether oxygens (including phenoxy) is 3.